The first-order valence-corrected chi connectivity index (χ1v) is 12.2. The molecule has 10 nitrogen and oxygen atoms in total. The van der Waals surface area contributed by atoms with E-state index in [1.54, 1.807) is 41.4 Å². The Morgan fingerprint density at radius 1 is 1.27 bits per heavy atom. The molecule has 2 aliphatic heterocycles. The van der Waals surface area contributed by atoms with Crippen LogP contribution >= 0.6 is 11.6 Å². The molecular weight excluding hydrogens is 498 g/mol. The fourth-order valence-electron chi connectivity index (χ4n) is 4.47. The quantitative estimate of drug-likeness (QED) is 0.480. The molecule has 1 aromatic carbocycles. The molecular formula is C26H26ClN5O5. The maximum Gasteiger partial charge on any atom is 0.410 e. The summed E-state index contributed by atoms with van der Waals surface area (Å²) in [7, 11) is 1.46. The molecule has 2 amide bonds. The fraction of sp³-hybridized carbons (Fsp3) is 0.308. The molecule has 2 aliphatic rings. The Morgan fingerprint density at radius 2 is 2.08 bits per heavy atom. The van der Waals surface area contributed by atoms with E-state index in [1.165, 1.54) is 7.11 Å². The number of nitrogens with two attached hydrogens (primary N) is 1. The number of cyclic esters (lactones) is 1. The Hall–Kier alpha value is -4.05. The van der Waals surface area contributed by atoms with Crippen molar-refractivity contribution in [3.63, 3.8) is 0 Å². The van der Waals surface area contributed by atoms with Gasteiger partial charge in [-0.15, -0.1) is 0 Å². The Morgan fingerprint density at radius 3 is 2.81 bits per heavy atom. The van der Waals surface area contributed by atoms with Crippen molar-refractivity contribution in [2.24, 2.45) is 0 Å². The zero-order valence-corrected chi connectivity index (χ0v) is 20.9. The summed E-state index contributed by atoms with van der Waals surface area (Å²) in [6.07, 6.45) is 2.33. The van der Waals surface area contributed by atoms with Crippen molar-refractivity contribution < 1.29 is 23.8 Å². The Bertz CT molecular complexity index is 1300. The maximum atomic E-state index is 13.2. The molecule has 5 rings (SSSR count). The van der Waals surface area contributed by atoms with Crippen LogP contribution in [-0.4, -0.2) is 59.3 Å². The standard InChI is InChI=1S/C26H26ClN5O5/c1-35-25-20(24(33)30-12-15-2-5-17(27)6-3-15)11-21(23(31-25)16-4-7-22(28)29-13-16)37-19-8-9-32-18(10-19)14-36-26(32)34/h2-7,11,13,18-19H,8-10,12,14H2,1H3,(H2,28,29)(H,30,33)/t18-,19-/m0/s1. The van der Waals surface area contributed by atoms with Crippen LogP contribution in [0.1, 0.15) is 28.8 Å². The number of amides is 2. The third-order valence-corrected chi connectivity index (χ3v) is 6.66. The SMILES string of the molecule is COc1nc(-c2ccc(N)nc2)c(O[C@H]2CCN3C(=O)OC[C@@H]3C2)cc1C(=O)NCc1ccc(Cl)cc1. The highest BCUT2D eigenvalue weighted by atomic mass is 35.5. The van der Waals surface area contributed by atoms with Crippen molar-refractivity contribution in [1.82, 2.24) is 20.2 Å². The number of hydrogen-bond acceptors (Lipinski definition) is 8. The molecule has 0 radical (unpaired) electrons. The molecule has 3 aromatic rings. The molecule has 2 saturated heterocycles. The summed E-state index contributed by atoms with van der Waals surface area (Å²) in [5, 5.41) is 3.52. The predicted octanol–water partition coefficient (Wildman–Crippen LogP) is 3.68. The second-order valence-corrected chi connectivity index (χ2v) is 9.30. The van der Waals surface area contributed by atoms with E-state index < -0.39 is 0 Å². The van der Waals surface area contributed by atoms with Gasteiger partial charge < -0.3 is 30.2 Å². The van der Waals surface area contributed by atoms with E-state index in [0.717, 1.165) is 5.56 Å². The lowest BCUT2D eigenvalue weighted by Crippen LogP contribution is -2.44. The van der Waals surface area contributed by atoms with Crippen LogP contribution in [0.15, 0.2) is 48.7 Å². The van der Waals surface area contributed by atoms with Crippen molar-refractivity contribution in [2.75, 3.05) is 26.0 Å². The molecule has 3 N–H and O–H groups in total. The summed E-state index contributed by atoms with van der Waals surface area (Å²) in [6, 6.07) is 12.3. The lowest BCUT2D eigenvalue weighted by atomic mass is 10.0. The van der Waals surface area contributed by atoms with Crippen LogP contribution in [0.2, 0.25) is 5.02 Å². The Labute approximate surface area is 218 Å². The molecule has 192 valence electrons. The third-order valence-electron chi connectivity index (χ3n) is 6.41. The van der Waals surface area contributed by atoms with Crippen molar-refractivity contribution in [2.45, 2.75) is 31.5 Å². The number of ether oxygens (including phenoxy) is 3. The lowest BCUT2D eigenvalue weighted by Gasteiger charge is -2.33. The summed E-state index contributed by atoms with van der Waals surface area (Å²) in [5.74, 6) is 0.565. The summed E-state index contributed by atoms with van der Waals surface area (Å²) in [6.45, 7) is 1.17. The van der Waals surface area contributed by atoms with Crippen molar-refractivity contribution >= 4 is 29.4 Å². The van der Waals surface area contributed by atoms with Gasteiger partial charge in [-0.3, -0.25) is 4.79 Å². The number of anilines is 1. The first kappa shape index (κ1) is 24.6. The number of piperidine rings is 1. The molecule has 0 bridgehead atoms. The molecule has 0 saturated carbocycles. The monoisotopic (exact) mass is 523 g/mol. The normalized spacial score (nSPS) is 18.6. The van der Waals surface area contributed by atoms with Gasteiger partial charge >= 0.3 is 6.09 Å². The molecule has 4 heterocycles. The molecule has 37 heavy (non-hydrogen) atoms. The molecule has 0 aliphatic carbocycles. The van der Waals surface area contributed by atoms with Gasteiger partial charge in [0.25, 0.3) is 5.91 Å². The minimum absolute atomic E-state index is 0.0405. The van der Waals surface area contributed by atoms with E-state index in [2.05, 4.69) is 15.3 Å². The summed E-state index contributed by atoms with van der Waals surface area (Å²) in [5.41, 5.74) is 8.03. The van der Waals surface area contributed by atoms with E-state index in [9.17, 15) is 9.59 Å². The number of benzene rings is 1. The number of nitrogens with zero attached hydrogens (tertiary/aromatic N) is 3. The number of methoxy groups -OCH3 is 1. The minimum atomic E-state index is -0.365. The molecule has 2 atom stereocenters. The fourth-order valence-corrected chi connectivity index (χ4v) is 4.59. The van der Waals surface area contributed by atoms with Crippen LogP contribution in [0.3, 0.4) is 0 Å². The van der Waals surface area contributed by atoms with Crippen LogP contribution in [0, 0.1) is 0 Å². The summed E-state index contributed by atoms with van der Waals surface area (Å²) < 4.78 is 17.1. The number of hydrogen-bond donors (Lipinski definition) is 2. The number of carbonyl (C=O) groups is 2. The Kier molecular flexibility index (Phi) is 7.00. The van der Waals surface area contributed by atoms with Gasteiger partial charge in [0.1, 0.15) is 35.5 Å². The van der Waals surface area contributed by atoms with Crippen LogP contribution in [0.25, 0.3) is 11.3 Å². The van der Waals surface area contributed by atoms with Gasteiger partial charge in [-0.25, -0.2) is 14.8 Å². The minimum Gasteiger partial charge on any atom is -0.488 e. The van der Waals surface area contributed by atoms with Gasteiger partial charge in [0.2, 0.25) is 5.88 Å². The summed E-state index contributed by atoms with van der Waals surface area (Å²) >= 11 is 5.95. The summed E-state index contributed by atoms with van der Waals surface area (Å²) in [4.78, 5) is 35.6. The smallest absolute Gasteiger partial charge is 0.410 e. The molecule has 11 heteroatoms. The highest BCUT2D eigenvalue weighted by Crippen LogP contribution is 2.36. The first-order chi connectivity index (χ1) is 17.9. The second kappa shape index (κ2) is 10.5. The zero-order valence-electron chi connectivity index (χ0n) is 20.1. The largest absolute Gasteiger partial charge is 0.488 e. The highest BCUT2D eigenvalue weighted by molar-refractivity contribution is 6.30. The number of nitrogens with one attached hydrogen (secondary N) is 1. The number of rotatable bonds is 7. The number of fused-ring (bicyclic) bond motifs is 1. The van der Waals surface area contributed by atoms with E-state index in [-0.39, 0.29) is 35.6 Å². The zero-order chi connectivity index (χ0) is 25.9. The molecule has 0 unspecified atom stereocenters. The topological polar surface area (TPSA) is 129 Å². The number of halogens is 1. The van der Waals surface area contributed by atoms with Gasteiger partial charge in [0.05, 0.1) is 13.2 Å². The van der Waals surface area contributed by atoms with Crippen LogP contribution in [0.5, 0.6) is 11.6 Å². The second-order valence-electron chi connectivity index (χ2n) is 8.86. The van der Waals surface area contributed by atoms with Gasteiger partial charge in [0.15, 0.2) is 0 Å². The van der Waals surface area contributed by atoms with E-state index >= 15 is 0 Å². The van der Waals surface area contributed by atoms with Gasteiger partial charge in [-0.05, 0) is 29.8 Å². The van der Waals surface area contributed by atoms with E-state index in [1.807, 2.05) is 12.1 Å². The molecule has 2 fully saturated rings. The Balaban J connectivity index is 1.44. The number of nitrogen functional groups attached to an aromatic ring is 1. The van der Waals surface area contributed by atoms with E-state index in [0.29, 0.717) is 60.4 Å². The molecule has 0 spiro atoms. The molecule has 2 aromatic heterocycles. The third kappa shape index (κ3) is 5.39. The lowest BCUT2D eigenvalue weighted by molar-refractivity contribution is 0.0913. The van der Waals surface area contributed by atoms with Crippen LogP contribution < -0.4 is 20.5 Å². The van der Waals surface area contributed by atoms with Gasteiger partial charge in [0, 0.05) is 48.8 Å². The number of carbonyl (C=O) groups excluding carboxylic acids is 2. The average molecular weight is 524 g/mol. The van der Waals surface area contributed by atoms with Crippen molar-refractivity contribution in [3.8, 4) is 22.9 Å². The number of aromatic nitrogens is 2. The van der Waals surface area contributed by atoms with E-state index in [4.69, 9.17) is 31.5 Å². The van der Waals surface area contributed by atoms with Gasteiger partial charge in [-0.1, -0.05) is 23.7 Å². The van der Waals surface area contributed by atoms with Gasteiger partial charge in [-0.2, -0.15) is 0 Å². The number of pyridine rings is 2. The van der Waals surface area contributed by atoms with Crippen molar-refractivity contribution in [3.05, 3.63) is 64.8 Å². The van der Waals surface area contributed by atoms with Crippen LogP contribution in [0.4, 0.5) is 10.6 Å². The highest BCUT2D eigenvalue weighted by Gasteiger charge is 2.39. The first-order valence-electron chi connectivity index (χ1n) is 11.8. The maximum absolute atomic E-state index is 13.2. The van der Waals surface area contributed by atoms with Crippen molar-refractivity contribution in [1.29, 1.82) is 0 Å². The predicted molar refractivity (Wildman–Crippen MR) is 137 cm³/mol. The average Bonchev–Trinajstić information content (AvgIpc) is 3.28. The van der Waals surface area contributed by atoms with Crippen LogP contribution in [-0.2, 0) is 11.3 Å².